The minimum atomic E-state index is -0.138. The van der Waals surface area contributed by atoms with Crippen molar-refractivity contribution in [1.29, 1.82) is 0 Å². The van der Waals surface area contributed by atoms with Crippen LogP contribution in [-0.2, 0) is 12.0 Å². The Morgan fingerprint density at radius 1 is 0.889 bits per heavy atom. The van der Waals surface area contributed by atoms with Crippen molar-refractivity contribution < 1.29 is 0 Å². The van der Waals surface area contributed by atoms with E-state index < -0.39 is 0 Å². The fourth-order valence-electron chi connectivity index (χ4n) is 3.23. The fraction of sp³-hybridized carbons (Fsp3) is 0.231. The maximum absolute atomic E-state index is 3.37. The van der Waals surface area contributed by atoms with Crippen molar-refractivity contribution in [2.24, 2.45) is 0 Å². The minimum absolute atomic E-state index is 0.138. The summed E-state index contributed by atoms with van der Waals surface area (Å²) < 4.78 is 0. The van der Waals surface area contributed by atoms with Gasteiger partial charge in [0.05, 0.1) is 5.41 Å². The molecule has 0 radical (unpaired) electrons. The molecule has 0 aromatic heterocycles. The summed E-state index contributed by atoms with van der Waals surface area (Å²) in [4.78, 5) is 2.31. The highest BCUT2D eigenvalue weighted by molar-refractivity contribution is 5.85. The van der Waals surface area contributed by atoms with E-state index in [1.807, 2.05) is 12.1 Å². The summed E-state index contributed by atoms with van der Waals surface area (Å²) >= 11 is 0. The summed E-state index contributed by atoms with van der Waals surface area (Å²) in [6.45, 7) is 6.13. The zero-order chi connectivity index (χ0) is 19.1. The van der Waals surface area contributed by atoms with Gasteiger partial charge in [0.2, 0.25) is 0 Å². The van der Waals surface area contributed by atoms with Crippen LogP contribution >= 0.6 is 0 Å². The molecule has 3 rings (SSSR count). The van der Waals surface area contributed by atoms with Crippen LogP contribution < -0.4 is 0 Å². The van der Waals surface area contributed by atoms with Crippen LogP contribution in [0, 0.1) is 11.8 Å². The molecule has 136 valence electrons. The molecule has 0 spiro atoms. The lowest BCUT2D eigenvalue weighted by atomic mass is 9.85. The van der Waals surface area contributed by atoms with E-state index >= 15 is 0 Å². The topological polar surface area (TPSA) is 3.24 Å². The highest BCUT2D eigenvalue weighted by Gasteiger charge is 2.16. The van der Waals surface area contributed by atoms with Gasteiger partial charge < -0.3 is 0 Å². The zero-order valence-electron chi connectivity index (χ0n) is 16.4. The molecular formula is C26H27N. The van der Waals surface area contributed by atoms with Gasteiger partial charge in [-0.25, -0.2) is 0 Å². The van der Waals surface area contributed by atoms with Crippen molar-refractivity contribution in [3.8, 4) is 11.8 Å². The molecular weight excluding hydrogens is 326 g/mol. The van der Waals surface area contributed by atoms with E-state index in [1.54, 1.807) is 0 Å². The average molecular weight is 354 g/mol. The first-order valence-electron chi connectivity index (χ1n) is 9.45. The Balaban J connectivity index is 1.59. The second-order valence-corrected chi connectivity index (χ2v) is 7.50. The van der Waals surface area contributed by atoms with Gasteiger partial charge in [0, 0.05) is 13.1 Å². The first kappa shape index (κ1) is 19.0. The average Bonchev–Trinajstić information content (AvgIpc) is 2.69. The summed E-state index contributed by atoms with van der Waals surface area (Å²) in [6.07, 6.45) is 4.11. The Morgan fingerprint density at radius 3 is 2.41 bits per heavy atom. The van der Waals surface area contributed by atoms with Crippen LogP contribution in [0.25, 0.3) is 10.8 Å². The van der Waals surface area contributed by atoms with E-state index in [0.29, 0.717) is 0 Å². The molecule has 0 atom stereocenters. The maximum atomic E-state index is 3.37. The minimum Gasteiger partial charge on any atom is -0.298 e. The van der Waals surface area contributed by atoms with Crippen LogP contribution in [0.5, 0.6) is 0 Å². The third kappa shape index (κ3) is 5.09. The Labute approximate surface area is 163 Å². The maximum Gasteiger partial charge on any atom is 0.0510 e. The van der Waals surface area contributed by atoms with Gasteiger partial charge in [-0.15, -0.1) is 0 Å². The number of nitrogens with zero attached hydrogens (tertiary/aromatic N) is 1. The molecule has 0 heterocycles. The number of hydrogen-bond donors (Lipinski definition) is 0. The van der Waals surface area contributed by atoms with E-state index in [9.17, 15) is 0 Å². The molecule has 0 aliphatic heterocycles. The number of hydrogen-bond acceptors (Lipinski definition) is 1. The van der Waals surface area contributed by atoms with E-state index in [-0.39, 0.29) is 5.41 Å². The lowest BCUT2D eigenvalue weighted by Crippen LogP contribution is -2.17. The molecule has 0 amide bonds. The summed E-state index contributed by atoms with van der Waals surface area (Å²) in [5.74, 6) is 6.58. The van der Waals surface area contributed by atoms with Crippen LogP contribution in [0.3, 0.4) is 0 Å². The van der Waals surface area contributed by atoms with Gasteiger partial charge in [0.25, 0.3) is 0 Å². The molecule has 27 heavy (non-hydrogen) atoms. The van der Waals surface area contributed by atoms with Crippen molar-refractivity contribution in [1.82, 2.24) is 4.90 Å². The standard InChI is InChI=1S/C26H27N/c1-26(2,24-16-6-4-7-17-24)19-10-5-11-20-27(3)21-23-15-12-14-22-13-8-9-18-25(22)23/h4-9,11-18H,20-21H2,1-3H3. The van der Waals surface area contributed by atoms with Crippen LogP contribution in [0.15, 0.2) is 84.9 Å². The number of rotatable bonds is 5. The molecule has 0 unspecified atom stereocenters. The summed E-state index contributed by atoms with van der Waals surface area (Å²) in [5.41, 5.74) is 2.47. The van der Waals surface area contributed by atoms with Crippen LogP contribution in [-0.4, -0.2) is 18.5 Å². The van der Waals surface area contributed by atoms with Crippen molar-refractivity contribution >= 4 is 10.8 Å². The van der Waals surface area contributed by atoms with E-state index in [0.717, 1.165) is 13.1 Å². The molecule has 3 aromatic rings. The molecule has 0 aliphatic carbocycles. The quantitative estimate of drug-likeness (QED) is 0.523. The predicted octanol–water partition coefficient (Wildman–Crippen LogP) is 5.81. The van der Waals surface area contributed by atoms with Crippen LogP contribution in [0.4, 0.5) is 0 Å². The van der Waals surface area contributed by atoms with Gasteiger partial charge in [0.1, 0.15) is 0 Å². The zero-order valence-corrected chi connectivity index (χ0v) is 16.4. The summed E-state index contributed by atoms with van der Waals surface area (Å²) in [5, 5.41) is 2.63. The normalized spacial score (nSPS) is 11.7. The Bertz CT molecular complexity index is 966. The Hall–Kier alpha value is -2.82. The molecule has 0 saturated heterocycles. The third-order valence-corrected chi connectivity index (χ3v) is 4.82. The number of fused-ring (bicyclic) bond motifs is 1. The highest BCUT2D eigenvalue weighted by atomic mass is 15.1. The lowest BCUT2D eigenvalue weighted by molar-refractivity contribution is 0.365. The fourth-order valence-corrected chi connectivity index (χ4v) is 3.23. The van der Waals surface area contributed by atoms with E-state index in [4.69, 9.17) is 0 Å². The Kier molecular flexibility index (Phi) is 6.12. The van der Waals surface area contributed by atoms with Crippen LogP contribution in [0.2, 0.25) is 0 Å². The third-order valence-electron chi connectivity index (χ3n) is 4.82. The van der Waals surface area contributed by atoms with Crippen molar-refractivity contribution in [3.63, 3.8) is 0 Å². The van der Waals surface area contributed by atoms with Gasteiger partial charge in [0.15, 0.2) is 0 Å². The second-order valence-electron chi connectivity index (χ2n) is 7.50. The molecule has 0 aliphatic rings. The molecule has 3 aromatic carbocycles. The second kappa shape index (κ2) is 8.71. The summed E-state index contributed by atoms with van der Waals surface area (Å²) in [6, 6.07) is 25.5. The molecule has 1 heteroatoms. The monoisotopic (exact) mass is 353 g/mol. The first-order valence-corrected chi connectivity index (χ1v) is 9.45. The van der Waals surface area contributed by atoms with Gasteiger partial charge in [-0.2, -0.15) is 0 Å². The van der Waals surface area contributed by atoms with Gasteiger partial charge in [-0.05, 0) is 48.9 Å². The largest absolute Gasteiger partial charge is 0.298 e. The number of likely N-dealkylation sites (N-methyl/N-ethyl adjacent to an activating group) is 1. The highest BCUT2D eigenvalue weighted by Crippen LogP contribution is 2.21. The SMILES string of the molecule is CN(CC=CC#CC(C)(C)c1ccccc1)Cc1cccc2ccccc12. The summed E-state index contributed by atoms with van der Waals surface area (Å²) in [7, 11) is 2.15. The van der Waals surface area contributed by atoms with E-state index in [2.05, 4.69) is 110 Å². The van der Waals surface area contributed by atoms with E-state index in [1.165, 1.54) is 21.9 Å². The first-order chi connectivity index (χ1) is 13.1. The predicted molar refractivity (Wildman–Crippen MR) is 117 cm³/mol. The molecule has 1 nitrogen and oxygen atoms in total. The van der Waals surface area contributed by atoms with Gasteiger partial charge >= 0.3 is 0 Å². The smallest absolute Gasteiger partial charge is 0.0510 e. The number of allylic oxidation sites excluding steroid dienone is 1. The molecule has 0 saturated carbocycles. The number of benzene rings is 3. The van der Waals surface area contributed by atoms with Crippen molar-refractivity contribution in [3.05, 3.63) is 96.1 Å². The molecule has 0 bridgehead atoms. The van der Waals surface area contributed by atoms with Crippen molar-refractivity contribution in [2.75, 3.05) is 13.6 Å². The molecule has 0 N–H and O–H groups in total. The lowest BCUT2D eigenvalue weighted by Gasteiger charge is -2.17. The van der Waals surface area contributed by atoms with Gasteiger partial charge in [-0.1, -0.05) is 90.7 Å². The Morgan fingerprint density at radius 2 is 1.59 bits per heavy atom. The molecule has 0 fully saturated rings. The van der Waals surface area contributed by atoms with Gasteiger partial charge in [-0.3, -0.25) is 4.90 Å². The van der Waals surface area contributed by atoms with Crippen molar-refractivity contribution in [2.45, 2.75) is 25.8 Å². The van der Waals surface area contributed by atoms with Crippen LogP contribution in [0.1, 0.15) is 25.0 Å².